The Hall–Kier alpha value is -0.200. The van der Waals surface area contributed by atoms with Crippen LogP contribution in [0.3, 0.4) is 0 Å². The van der Waals surface area contributed by atoms with E-state index in [9.17, 15) is 25.3 Å². The van der Waals surface area contributed by atoms with Crippen molar-refractivity contribution in [3.05, 3.63) is 10.4 Å². The number of sulfone groups is 2. The summed E-state index contributed by atoms with van der Waals surface area (Å²) in [4.78, 5) is -0.356. The number of hydrogen-bond acceptors (Lipinski definition) is 7. The highest BCUT2D eigenvalue weighted by atomic mass is 35.5. The molecule has 1 aliphatic rings. The van der Waals surface area contributed by atoms with Crippen LogP contribution in [0.15, 0.2) is 15.2 Å². The van der Waals surface area contributed by atoms with Crippen LogP contribution in [0.25, 0.3) is 0 Å². The lowest BCUT2D eigenvalue weighted by Crippen LogP contribution is -2.46. The van der Waals surface area contributed by atoms with E-state index in [1.54, 1.807) is 0 Å². The predicted octanol–water partition coefficient (Wildman–Crippen LogP) is 0.661. The second-order valence-electron chi connectivity index (χ2n) is 5.48. The molecule has 2 rings (SSSR count). The van der Waals surface area contributed by atoms with Crippen LogP contribution >= 0.6 is 22.9 Å². The third-order valence-electron chi connectivity index (χ3n) is 3.17. The van der Waals surface area contributed by atoms with E-state index in [4.69, 9.17) is 11.6 Å². The van der Waals surface area contributed by atoms with E-state index in [-0.39, 0.29) is 31.4 Å². The Bertz CT molecular complexity index is 915. The minimum Gasteiger partial charge on any atom is -0.229 e. The molecule has 1 atom stereocenters. The van der Waals surface area contributed by atoms with Crippen molar-refractivity contribution in [1.29, 1.82) is 0 Å². The van der Waals surface area contributed by atoms with Crippen molar-refractivity contribution in [3.8, 4) is 0 Å². The van der Waals surface area contributed by atoms with E-state index in [1.807, 2.05) is 0 Å². The third-order valence-corrected chi connectivity index (χ3v) is 10.1. The lowest BCUT2D eigenvalue weighted by Gasteiger charge is -2.23. The Morgan fingerprint density at radius 3 is 2.32 bits per heavy atom. The molecule has 12 heteroatoms. The van der Waals surface area contributed by atoms with Crippen LogP contribution in [0.4, 0.5) is 0 Å². The summed E-state index contributed by atoms with van der Waals surface area (Å²) in [5.74, 6) is -0.405. The first-order valence-electron chi connectivity index (χ1n) is 5.98. The minimum absolute atomic E-state index is 0.0992. The van der Waals surface area contributed by atoms with Crippen molar-refractivity contribution in [2.24, 2.45) is 0 Å². The van der Waals surface area contributed by atoms with Gasteiger partial charge in [-0.25, -0.2) is 30.0 Å². The summed E-state index contributed by atoms with van der Waals surface area (Å²) >= 11 is 6.48. The largest absolute Gasteiger partial charge is 0.243 e. The van der Waals surface area contributed by atoms with Gasteiger partial charge in [0.25, 0.3) is 0 Å². The summed E-state index contributed by atoms with van der Waals surface area (Å²) in [5.41, 5.74) is -1.13. The van der Waals surface area contributed by atoms with Crippen molar-refractivity contribution in [2.45, 2.75) is 28.0 Å². The van der Waals surface area contributed by atoms with Gasteiger partial charge >= 0.3 is 0 Å². The fourth-order valence-electron chi connectivity index (χ4n) is 2.17. The molecule has 22 heavy (non-hydrogen) atoms. The molecule has 0 aromatic carbocycles. The summed E-state index contributed by atoms with van der Waals surface area (Å²) < 4.78 is 72.8. The zero-order chi connectivity index (χ0) is 17.0. The number of rotatable bonds is 4. The van der Waals surface area contributed by atoms with Crippen LogP contribution < -0.4 is 4.72 Å². The van der Waals surface area contributed by atoms with Gasteiger partial charge in [0.2, 0.25) is 10.0 Å². The zero-order valence-electron chi connectivity index (χ0n) is 11.7. The molecule has 1 aliphatic heterocycles. The number of nitrogens with one attached hydrogen (secondary N) is 1. The highest BCUT2D eigenvalue weighted by Gasteiger charge is 2.42. The molecule has 126 valence electrons. The zero-order valence-corrected chi connectivity index (χ0v) is 15.7. The predicted molar refractivity (Wildman–Crippen MR) is 84.4 cm³/mol. The SMILES string of the molecule is C[C@]1(NS(=O)(=O)c2cc(S(C)(=O)=O)sc2Cl)CCS(=O)(=O)C1. The Morgan fingerprint density at radius 2 is 1.91 bits per heavy atom. The van der Waals surface area contributed by atoms with Gasteiger partial charge in [-0.15, -0.1) is 11.3 Å². The van der Waals surface area contributed by atoms with Crippen molar-refractivity contribution in [2.75, 3.05) is 17.8 Å². The topological polar surface area (TPSA) is 114 Å². The first-order chi connectivity index (χ1) is 9.74. The summed E-state index contributed by atoms with van der Waals surface area (Å²) in [6.07, 6.45) is 1.10. The molecule has 1 aromatic rings. The standard InChI is InChI=1S/C10H14ClNO6S4/c1-10(3-4-21(15,16)6-10)12-22(17,18)7-5-8(19-9(7)11)20(2,13)14/h5,12H,3-4,6H2,1-2H3/t10-/m0/s1. The molecule has 0 amide bonds. The van der Waals surface area contributed by atoms with Crippen LogP contribution in [0.2, 0.25) is 4.34 Å². The van der Waals surface area contributed by atoms with Crippen LogP contribution in [-0.2, 0) is 29.7 Å². The van der Waals surface area contributed by atoms with Gasteiger partial charge in [-0.1, -0.05) is 11.6 Å². The number of thiophene rings is 1. The van der Waals surface area contributed by atoms with Crippen LogP contribution in [-0.4, -0.2) is 48.6 Å². The van der Waals surface area contributed by atoms with Gasteiger partial charge in [-0.05, 0) is 19.4 Å². The van der Waals surface area contributed by atoms with Crippen LogP contribution in [0.5, 0.6) is 0 Å². The van der Waals surface area contributed by atoms with Gasteiger partial charge in [-0.2, -0.15) is 0 Å². The Balaban J connectivity index is 2.39. The summed E-state index contributed by atoms with van der Waals surface area (Å²) in [6.45, 7) is 1.49. The molecular formula is C10H14ClNO6S4. The van der Waals surface area contributed by atoms with E-state index in [0.29, 0.717) is 11.3 Å². The molecule has 2 heterocycles. The van der Waals surface area contributed by atoms with E-state index >= 15 is 0 Å². The Kier molecular flexibility index (Phi) is 4.47. The molecule has 1 N–H and O–H groups in total. The number of sulfonamides is 1. The fourth-order valence-corrected chi connectivity index (χ4v) is 8.82. The maximum atomic E-state index is 12.4. The first kappa shape index (κ1) is 18.1. The highest BCUT2D eigenvalue weighted by Crippen LogP contribution is 2.35. The normalized spacial score (nSPS) is 25.4. The summed E-state index contributed by atoms with van der Waals surface area (Å²) in [7, 11) is -11.0. The van der Waals surface area contributed by atoms with Crippen LogP contribution in [0.1, 0.15) is 13.3 Å². The molecule has 1 fully saturated rings. The summed E-state index contributed by atoms with van der Waals surface area (Å²) in [5, 5.41) is 0. The highest BCUT2D eigenvalue weighted by molar-refractivity contribution is 7.93. The van der Waals surface area contributed by atoms with Crippen molar-refractivity contribution >= 4 is 52.6 Å². The van der Waals surface area contributed by atoms with E-state index in [1.165, 1.54) is 6.92 Å². The monoisotopic (exact) mass is 407 g/mol. The van der Waals surface area contributed by atoms with Gasteiger partial charge in [-0.3, -0.25) is 0 Å². The molecule has 7 nitrogen and oxygen atoms in total. The molecule has 0 spiro atoms. The lowest BCUT2D eigenvalue weighted by molar-refractivity contribution is 0.462. The average Bonchev–Trinajstić information content (AvgIpc) is 2.78. The minimum atomic E-state index is -4.12. The molecule has 0 unspecified atom stereocenters. The van der Waals surface area contributed by atoms with Gasteiger partial charge in [0.1, 0.15) is 13.4 Å². The van der Waals surface area contributed by atoms with Crippen LogP contribution in [0, 0.1) is 0 Å². The fraction of sp³-hybridized carbons (Fsp3) is 0.600. The summed E-state index contributed by atoms with van der Waals surface area (Å²) in [6, 6.07) is 0.984. The maximum absolute atomic E-state index is 12.4. The van der Waals surface area contributed by atoms with Crippen molar-refractivity contribution < 1.29 is 25.3 Å². The molecular weight excluding hydrogens is 394 g/mol. The van der Waals surface area contributed by atoms with Crippen molar-refractivity contribution in [3.63, 3.8) is 0 Å². The average molecular weight is 408 g/mol. The van der Waals surface area contributed by atoms with E-state index in [0.717, 1.165) is 12.3 Å². The van der Waals surface area contributed by atoms with E-state index in [2.05, 4.69) is 4.72 Å². The first-order valence-corrected chi connectivity index (χ1v) is 12.4. The smallest absolute Gasteiger partial charge is 0.229 e. The van der Waals surface area contributed by atoms with Gasteiger partial charge in [0, 0.05) is 11.8 Å². The molecule has 0 aliphatic carbocycles. The Morgan fingerprint density at radius 1 is 1.32 bits per heavy atom. The van der Waals surface area contributed by atoms with Gasteiger partial charge < -0.3 is 0 Å². The molecule has 0 bridgehead atoms. The number of hydrogen-bond donors (Lipinski definition) is 1. The Labute approximate surface area is 138 Å². The third kappa shape index (κ3) is 3.82. The van der Waals surface area contributed by atoms with Gasteiger partial charge in [0.15, 0.2) is 19.7 Å². The molecule has 1 saturated heterocycles. The lowest BCUT2D eigenvalue weighted by atomic mass is 10.0. The molecule has 1 aromatic heterocycles. The second-order valence-corrected chi connectivity index (χ2v) is 13.2. The van der Waals surface area contributed by atoms with Gasteiger partial charge in [0.05, 0.1) is 11.5 Å². The number of halogens is 1. The second kappa shape index (κ2) is 5.42. The van der Waals surface area contributed by atoms with E-state index < -0.39 is 35.2 Å². The van der Waals surface area contributed by atoms with Crippen molar-refractivity contribution in [1.82, 2.24) is 4.72 Å². The molecule has 0 saturated carbocycles. The molecule has 0 radical (unpaired) electrons. The maximum Gasteiger partial charge on any atom is 0.243 e. The quantitative estimate of drug-likeness (QED) is 0.784.